The van der Waals surface area contributed by atoms with Crippen LogP contribution in [0.1, 0.15) is 33.4 Å². The average molecular weight is 492 g/mol. The number of carbonyl (C=O) groups excluding carboxylic acids is 2. The van der Waals surface area contributed by atoms with Crippen molar-refractivity contribution in [1.29, 1.82) is 0 Å². The van der Waals surface area contributed by atoms with Gasteiger partial charge in [0.2, 0.25) is 0 Å². The SMILES string of the molecule is C#C[C@H]1O[C@@H](n2cnc3c(NCC4(C)CC=C(Cl)S4)ncnc32)[C@H](OC(C)=O)[C@@H]1OC(C)=O. The summed E-state index contributed by atoms with van der Waals surface area (Å²) in [5.41, 5.74) is 0.941. The standard InChI is InChI=1S/C21H22ClN5O5S/c1-5-13-16(30-11(2)28)17(31-12(3)29)20(32-13)27-10-26-15-18(24-9-25-19(15)27)23-8-21(4)7-6-14(22)33-21/h1,6,9-10,13,16-17,20H,7-8H2,2-4H3,(H,23,24,25)/t13-,16-,17-,20-,21?/m1/s1. The zero-order valence-electron chi connectivity index (χ0n) is 18.1. The van der Waals surface area contributed by atoms with Gasteiger partial charge in [0.15, 0.2) is 41.5 Å². The van der Waals surface area contributed by atoms with Gasteiger partial charge in [-0.3, -0.25) is 14.2 Å². The molecular weight excluding hydrogens is 470 g/mol. The summed E-state index contributed by atoms with van der Waals surface area (Å²) in [6, 6.07) is 0. The van der Waals surface area contributed by atoms with Crippen LogP contribution in [0.4, 0.5) is 5.82 Å². The van der Waals surface area contributed by atoms with Gasteiger partial charge in [0.05, 0.1) is 10.7 Å². The summed E-state index contributed by atoms with van der Waals surface area (Å²) < 4.78 is 19.0. The van der Waals surface area contributed by atoms with Gasteiger partial charge in [-0.1, -0.05) is 23.6 Å². The molecule has 10 nitrogen and oxygen atoms in total. The Morgan fingerprint density at radius 3 is 2.70 bits per heavy atom. The molecule has 1 fully saturated rings. The smallest absolute Gasteiger partial charge is 0.303 e. The second kappa shape index (κ2) is 9.21. The number of nitrogens with zero attached hydrogens (tertiary/aromatic N) is 4. The number of thioether (sulfide) groups is 1. The summed E-state index contributed by atoms with van der Waals surface area (Å²) in [5, 5.41) is 3.33. The van der Waals surface area contributed by atoms with Crippen LogP contribution in [-0.2, 0) is 23.8 Å². The van der Waals surface area contributed by atoms with Crippen LogP contribution in [-0.4, -0.2) is 61.1 Å². The molecule has 2 aliphatic heterocycles. The second-order valence-electron chi connectivity index (χ2n) is 7.93. The summed E-state index contributed by atoms with van der Waals surface area (Å²) in [6.07, 6.45) is 7.52. The van der Waals surface area contributed by atoms with Crippen molar-refractivity contribution in [1.82, 2.24) is 19.5 Å². The summed E-state index contributed by atoms with van der Waals surface area (Å²) >= 11 is 7.72. The molecule has 12 heteroatoms. The number of hydrogen-bond donors (Lipinski definition) is 1. The predicted molar refractivity (Wildman–Crippen MR) is 122 cm³/mol. The first-order valence-electron chi connectivity index (χ1n) is 10.1. The number of halogens is 1. The van der Waals surface area contributed by atoms with Gasteiger partial charge in [0.1, 0.15) is 6.33 Å². The first kappa shape index (κ1) is 23.4. The Labute approximate surface area is 199 Å². The van der Waals surface area contributed by atoms with Crippen molar-refractivity contribution < 1.29 is 23.8 Å². The van der Waals surface area contributed by atoms with Gasteiger partial charge in [-0.25, -0.2) is 15.0 Å². The average Bonchev–Trinajstić information content (AvgIpc) is 3.42. The van der Waals surface area contributed by atoms with E-state index in [0.717, 1.165) is 10.8 Å². The summed E-state index contributed by atoms with van der Waals surface area (Å²) in [6.45, 7) is 5.21. The molecule has 0 spiro atoms. The van der Waals surface area contributed by atoms with Crippen LogP contribution in [0.2, 0.25) is 0 Å². The minimum absolute atomic E-state index is 0.108. The molecule has 2 aromatic heterocycles. The van der Waals surface area contributed by atoms with Crippen molar-refractivity contribution >= 4 is 52.3 Å². The summed E-state index contributed by atoms with van der Waals surface area (Å²) in [4.78, 5) is 36.5. The highest BCUT2D eigenvalue weighted by Crippen LogP contribution is 2.44. The van der Waals surface area contributed by atoms with Crippen LogP contribution >= 0.6 is 23.4 Å². The molecular formula is C21H22ClN5O5S. The Hall–Kier alpha value is -2.81. The number of terminal acetylenes is 1. The molecule has 1 saturated heterocycles. The molecule has 33 heavy (non-hydrogen) atoms. The van der Waals surface area contributed by atoms with Gasteiger partial charge in [0, 0.05) is 25.1 Å². The van der Waals surface area contributed by atoms with Crippen molar-refractivity contribution in [2.75, 3.05) is 11.9 Å². The molecule has 0 radical (unpaired) electrons. The number of ether oxygens (including phenoxy) is 3. The molecule has 4 rings (SSSR count). The molecule has 5 atom stereocenters. The lowest BCUT2D eigenvalue weighted by Crippen LogP contribution is -2.38. The number of carbonyl (C=O) groups is 2. The number of esters is 2. The minimum atomic E-state index is -0.988. The molecule has 0 aromatic carbocycles. The maximum atomic E-state index is 11.8. The zero-order valence-corrected chi connectivity index (χ0v) is 19.7. The van der Waals surface area contributed by atoms with E-state index in [9.17, 15) is 9.59 Å². The molecule has 2 aliphatic rings. The summed E-state index contributed by atoms with van der Waals surface area (Å²) in [7, 11) is 0. The lowest BCUT2D eigenvalue weighted by atomic mass is 10.1. The molecule has 0 amide bonds. The zero-order chi connectivity index (χ0) is 23.8. The van der Waals surface area contributed by atoms with E-state index >= 15 is 0 Å². The monoisotopic (exact) mass is 491 g/mol. The summed E-state index contributed by atoms with van der Waals surface area (Å²) in [5.74, 6) is 1.84. The van der Waals surface area contributed by atoms with Crippen molar-refractivity contribution in [3.63, 3.8) is 0 Å². The highest BCUT2D eigenvalue weighted by atomic mass is 35.5. The predicted octanol–water partition coefficient (Wildman–Crippen LogP) is 2.61. The first-order valence-corrected chi connectivity index (χ1v) is 11.3. The molecule has 0 saturated carbocycles. The van der Waals surface area contributed by atoms with E-state index in [4.69, 9.17) is 32.2 Å². The number of imidazole rings is 1. The van der Waals surface area contributed by atoms with Crippen LogP contribution in [0, 0.1) is 12.3 Å². The van der Waals surface area contributed by atoms with Gasteiger partial charge in [0.25, 0.3) is 0 Å². The van der Waals surface area contributed by atoms with E-state index in [1.807, 2.05) is 6.08 Å². The Kier molecular flexibility index (Phi) is 6.52. The number of aromatic nitrogens is 4. The number of fused-ring (bicyclic) bond motifs is 1. The molecule has 1 N–H and O–H groups in total. The van der Waals surface area contributed by atoms with Crippen LogP contribution in [0.3, 0.4) is 0 Å². The van der Waals surface area contributed by atoms with E-state index in [1.165, 1.54) is 26.5 Å². The van der Waals surface area contributed by atoms with Gasteiger partial charge in [-0.2, -0.15) is 0 Å². The second-order valence-corrected chi connectivity index (χ2v) is 10.2. The normalized spacial score (nSPS) is 28.9. The fourth-order valence-electron chi connectivity index (χ4n) is 3.80. The van der Waals surface area contributed by atoms with E-state index in [1.54, 1.807) is 16.3 Å². The third-order valence-corrected chi connectivity index (χ3v) is 6.81. The first-order chi connectivity index (χ1) is 15.7. The maximum absolute atomic E-state index is 11.8. The molecule has 2 aromatic rings. The maximum Gasteiger partial charge on any atom is 0.303 e. The topological polar surface area (TPSA) is 117 Å². The lowest BCUT2D eigenvalue weighted by molar-refractivity contribution is -0.165. The minimum Gasteiger partial charge on any atom is -0.455 e. The molecule has 0 bridgehead atoms. The van der Waals surface area contributed by atoms with Crippen LogP contribution in [0.25, 0.3) is 11.2 Å². The number of rotatable bonds is 6. The number of anilines is 1. The Morgan fingerprint density at radius 1 is 1.33 bits per heavy atom. The Bertz CT molecular complexity index is 1160. The largest absolute Gasteiger partial charge is 0.455 e. The number of hydrogen-bond acceptors (Lipinski definition) is 10. The van der Waals surface area contributed by atoms with Crippen molar-refractivity contribution in [2.45, 2.75) is 56.5 Å². The fraction of sp³-hybridized carbons (Fsp3) is 0.476. The van der Waals surface area contributed by atoms with Gasteiger partial charge < -0.3 is 19.5 Å². The quantitative estimate of drug-likeness (QED) is 0.477. The molecule has 4 heterocycles. The van der Waals surface area contributed by atoms with E-state index in [-0.39, 0.29) is 4.75 Å². The highest BCUT2D eigenvalue weighted by Gasteiger charge is 2.50. The highest BCUT2D eigenvalue weighted by molar-refractivity contribution is 8.06. The van der Waals surface area contributed by atoms with Crippen LogP contribution in [0.15, 0.2) is 23.1 Å². The van der Waals surface area contributed by atoms with Crippen LogP contribution in [0.5, 0.6) is 0 Å². The Balaban J connectivity index is 1.63. The third kappa shape index (κ3) is 4.78. The van der Waals surface area contributed by atoms with E-state index < -0.39 is 36.5 Å². The van der Waals surface area contributed by atoms with Crippen LogP contribution < -0.4 is 5.32 Å². The van der Waals surface area contributed by atoms with Gasteiger partial charge >= 0.3 is 11.9 Å². The van der Waals surface area contributed by atoms with Crippen molar-refractivity contribution in [3.8, 4) is 12.3 Å². The number of nitrogens with one attached hydrogen (secondary N) is 1. The van der Waals surface area contributed by atoms with Crippen molar-refractivity contribution in [2.24, 2.45) is 0 Å². The fourth-order valence-corrected chi connectivity index (χ4v) is 5.38. The van der Waals surface area contributed by atoms with Gasteiger partial charge in [-0.15, -0.1) is 18.2 Å². The van der Waals surface area contributed by atoms with Crippen molar-refractivity contribution in [3.05, 3.63) is 23.1 Å². The lowest BCUT2D eigenvalue weighted by Gasteiger charge is -2.24. The van der Waals surface area contributed by atoms with E-state index in [2.05, 4.69) is 33.1 Å². The number of allylic oxidation sites excluding steroid dienone is 1. The molecule has 0 aliphatic carbocycles. The van der Waals surface area contributed by atoms with Gasteiger partial charge in [-0.05, 0) is 13.3 Å². The van der Waals surface area contributed by atoms with E-state index in [0.29, 0.717) is 23.5 Å². The Morgan fingerprint density at radius 2 is 2.06 bits per heavy atom. The molecule has 1 unspecified atom stereocenters. The third-order valence-electron chi connectivity index (χ3n) is 5.26. The molecule has 174 valence electrons.